The second-order valence-corrected chi connectivity index (χ2v) is 7.34. The Morgan fingerprint density at radius 1 is 1.00 bits per heavy atom. The first-order valence-electron chi connectivity index (χ1n) is 8.50. The van der Waals surface area contributed by atoms with Gasteiger partial charge in [0.25, 0.3) is 5.56 Å². The van der Waals surface area contributed by atoms with E-state index in [0.717, 1.165) is 26.7 Å². The molecule has 0 bridgehead atoms. The quantitative estimate of drug-likeness (QED) is 0.494. The molecule has 3 aromatic heterocycles. The maximum Gasteiger partial charge on any atom is 0.333 e. The van der Waals surface area contributed by atoms with Crippen LogP contribution >= 0.6 is 11.3 Å². The molecule has 5 nitrogen and oxygen atoms in total. The van der Waals surface area contributed by atoms with Gasteiger partial charge in [-0.15, -0.1) is 11.3 Å². The van der Waals surface area contributed by atoms with Gasteiger partial charge in [0.05, 0.1) is 17.4 Å². The molecule has 0 fully saturated rings. The second kappa shape index (κ2) is 6.24. The lowest BCUT2D eigenvalue weighted by atomic mass is 10.1. The van der Waals surface area contributed by atoms with E-state index in [1.54, 1.807) is 30.5 Å². The molecule has 1 N–H and O–H groups in total. The number of hydrogen-bond acceptors (Lipinski definition) is 4. The van der Waals surface area contributed by atoms with Crippen LogP contribution in [0.2, 0.25) is 0 Å². The van der Waals surface area contributed by atoms with Gasteiger partial charge in [-0.1, -0.05) is 42.5 Å². The van der Waals surface area contributed by atoms with Gasteiger partial charge in [-0.3, -0.25) is 9.78 Å². The van der Waals surface area contributed by atoms with Crippen molar-refractivity contribution in [2.75, 3.05) is 0 Å². The number of aromatic nitrogens is 3. The number of H-pyrrole nitrogens is 1. The second-order valence-electron chi connectivity index (χ2n) is 6.28. The smallest absolute Gasteiger partial charge is 0.306 e. The van der Waals surface area contributed by atoms with Crippen LogP contribution in [0.15, 0.2) is 76.6 Å². The fourth-order valence-electron chi connectivity index (χ4n) is 3.30. The summed E-state index contributed by atoms with van der Waals surface area (Å²) >= 11 is 1.15. The number of benzene rings is 2. The molecule has 0 amide bonds. The van der Waals surface area contributed by atoms with Gasteiger partial charge in [-0.05, 0) is 12.1 Å². The minimum Gasteiger partial charge on any atom is -0.306 e. The molecular weight excluding hydrogens is 377 g/mol. The molecule has 3 heterocycles. The maximum absolute atomic E-state index is 14.1. The Labute approximate surface area is 161 Å². The van der Waals surface area contributed by atoms with E-state index in [1.807, 2.05) is 24.3 Å². The third-order valence-electron chi connectivity index (χ3n) is 4.60. The van der Waals surface area contributed by atoms with Crippen LogP contribution in [-0.2, 0) is 0 Å². The summed E-state index contributed by atoms with van der Waals surface area (Å²) in [5.74, 6) is -0.380. The number of nitrogens with one attached hydrogen (secondary N) is 1. The van der Waals surface area contributed by atoms with E-state index >= 15 is 0 Å². The number of hydrogen-bond donors (Lipinski definition) is 1. The molecule has 0 radical (unpaired) electrons. The van der Waals surface area contributed by atoms with Gasteiger partial charge < -0.3 is 4.98 Å². The third kappa shape index (κ3) is 2.48. The summed E-state index contributed by atoms with van der Waals surface area (Å²) in [6, 6.07) is 15.4. The highest BCUT2D eigenvalue weighted by Crippen LogP contribution is 2.32. The molecule has 136 valence electrons. The molecule has 28 heavy (non-hydrogen) atoms. The van der Waals surface area contributed by atoms with Crippen LogP contribution in [-0.4, -0.2) is 14.5 Å². The van der Waals surface area contributed by atoms with Gasteiger partial charge in [0.1, 0.15) is 10.5 Å². The molecule has 0 atom stereocenters. The first kappa shape index (κ1) is 16.6. The van der Waals surface area contributed by atoms with Crippen molar-refractivity contribution >= 4 is 32.3 Å². The monoisotopic (exact) mass is 389 g/mol. The van der Waals surface area contributed by atoms with Crippen LogP contribution in [0.1, 0.15) is 0 Å². The van der Waals surface area contributed by atoms with E-state index < -0.39 is 11.2 Å². The number of nitrogens with zero attached hydrogens (tertiary/aromatic N) is 2. The minimum absolute atomic E-state index is 0.353. The third-order valence-corrected chi connectivity index (χ3v) is 5.76. The largest absolute Gasteiger partial charge is 0.333 e. The van der Waals surface area contributed by atoms with E-state index in [0.29, 0.717) is 26.3 Å². The molecule has 0 aliphatic rings. The van der Waals surface area contributed by atoms with Crippen LogP contribution in [0.25, 0.3) is 37.1 Å². The fraction of sp³-hybridized carbons (Fsp3) is 0. The Hall–Kier alpha value is -3.58. The molecule has 0 spiro atoms. The number of thiophene rings is 1. The van der Waals surface area contributed by atoms with Crippen molar-refractivity contribution < 1.29 is 4.39 Å². The summed E-state index contributed by atoms with van der Waals surface area (Å²) in [6.45, 7) is 0. The highest BCUT2D eigenvalue weighted by Gasteiger charge is 2.16. The number of halogens is 1. The minimum atomic E-state index is -0.562. The molecule has 0 aliphatic carbocycles. The zero-order valence-electron chi connectivity index (χ0n) is 14.3. The highest BCUT2D eigenvalue weighted by atomic mass is 32.1. The summed E-state index contributed by atoms with van der Waals surface area (Å²) in [5, 5.41) is 1.57. The number of pyridine rings is 1. The molecule has 2 aromatic carbocycles. The first-order chi connectivity index (χ1) is 13.6. The molecule has 0 saturated heterocycles. The Balaban J connectivity index is 1.81. The summed E-state index contributed by atoms with van der Waals surface area (Å²) in [4.78, 5) is 33.4. The average molecular weight is 389 g/mol. The predicted molar refractivity (Wildman–Crippen MR) is 109 cm³/mol. The van der Waals surface area contributed by atoms with E-state index in [-0.39, 0.29) is 5.82 Å². The van der Waals surface area contributed by atoms with Crippen molar-refractivity contribution in [2.24, 2.45) is 0 Å². The summed E-state index contributed by atoms with van der Waals surface area (Å²) in [5.41, 5.74) is 0.176. The van der Waals surface area contributed by atoms with E-state index in [2.05, 4.69) is 9.97 Å². The van der Waals surface area contributed by atoms with Crippen LogP contribution in [0.4, 0.5) is 4.39 Å². The van der Waals surface area contributed by atoms with E-state index in [4.69, 9.17) is 0 Å². The van der Waals surface area contributed by atoms with Crippen molar-refractivity contribution in [1.29, 1.82) is 0 Å². The van der Waals surface area contributed by atoms with Crippen LogP contribution in [0, 0.1) is 5.82 Å². The number of aromatic amines is 1. The summed E-state index contributed by atoms with van der Waals surface area (Å²) in [7, 11) is 0. The molecule has 0 saturated carbocycles. The van der Waals surface area contributed by atoms with Crippen molar-refractivity contribution in [3.05, 3.63) is 93.6 Å². The van der Waals surface area contributed by atoms with Crippen molar-refractivity contribution in [3.63, 3.8) is 0 Å². The van der Waals surface area contributed by atoms with Gasteiger partial charge in [-0.2, -0.15) is 0 Å². The Kier molecular flexibility index (Phi) is 3.70. The number of fused-ring (bicyclic) bond motifs is 2. The van der Waals surface area contributed by atoms with Gasteiger partial charge >= 0.3 is 5.69 Å². The molecule has 0 aliphatic heterocycles. The lowest BCUT2D eigenvalue weighted by Gasteiger charge is -2.07. The fourth-order valence-corrected chi connectivity index (χ4v) is 4.37. The summed E-state index contributed by atoms with van der Waals surface area (Å²) in [6.07, 6.45) is 3.17. The molecular formula is C21H12FN3O2S. The van der Waals surface area contributed by atoms with Crippen LogP contribution in [0.3, 0.4) is 0 Å². The lowest BCUT2D eigenvalue weighted by Crippen LogP contribution is -2.33. The van der Waals surface area contributed by atoms with Crippen LogP contribution < -0.4 is 11.2 Å². The zero-order chi connectivity index (χ0) is 19.3. The Morgan fingerprint density at radius 3 is 2.64 bits per heavy atom. The Morgan fingerprint density at radius 2 is 1.79 bits per heavy atom. The standard InChI is InChI=1S/C21H12FN3O2S/c22-15-8-4-3-7-14(15)18-9-16-19(28-18)20(26)25(21(27)24-16)17-11-23-10-12-5-1-2-6-13(12)17/h1-11H,(H,24,27). The SMILES string of the molecule is O=c1[nH]c2cc(-c3ccccc3F)sc2c(=O)n1-c1cncc2ccccc12. The van der Waals surface area contributed by atoms with E-state index in [1.165, 1.54) is 12.3 Å². The lowest BCUT2D eigenvalue weighted by molar-refractivity contribution is 0.632. The first-order valence-corrected chi connectivity index (χ1v) is 9.32. The Bertz CT molecular complexity index is 1480. The van der Waals surface area contributed by atoms with Crippen molar-refractivity contribution in [1.82, 2.24) is 14.5 Å². The van der Waals surface area contributed by atoms with Gasteiger partial charge in [0.2, 0.25) is 0 Å². The predicted octanol–water partition coefficient (Wildman–Crippen LogP) is 4.09. The molecule has 7 heteroatoms. The summed E-state index contributed by atoms with van der Waals surface area (Å²) < 4.78 is 15.6. The highest BCUT2D eigenvalue weighted by molar-refractivity contribution is 7.22. The van der Waals surface area contributed by atoms with Crippen LogP contribution in [0.5, 0.6) is 0 Å². The van der Waals surface area contributed by atoms with Gasteiger partial charge in [-0.25, -0.2) is 13.8 Å². The average Bonchev–Trinajstić information content (AvgIpc) is 3.12. The van der Waals surface area contributed by atoms with Crippen molar-refractivity contribution in [2.45, 2.75) is 0 Å². The van der Waals surface area contributed by atoms with Crippen molar-refractivity contribution in [3.8, 4) is 16.1 Å². The van der Waals surface area contributed by atoms with E-state index in [9.17, 15) is 14.0 Å². The topological polar surface area (TPSA) is 67.8 Å². The van der Waals surface area contributed by atoms with Gasteiger partial charge in [0, 0.05) is 27.4 Å². The molecule has 5 aromatic rings. The maximum atomic E-state index is 14.1. The zero-order valence-corrected chi connectivity index (χ0v) is 15.2. The van der Waals surface area contributed by atoms with Gasteiger partial charge in [0.15, 0.2) is 0 Å². The molecule has 5 rings (SSSR count). The molecule has 0 unspecified atom stereocenters. The normalized spacial score (nSPS) is 11.3. The number of rotatable bonds is 2.